The fourth-order valence-electron chi connectivity index (χ4n) is 1.82. The van der Waals surface area contributed by atoms with Crippen LogP contribution >= 0.6 is 23.2 Å². The second-order valence-corrected chi connectivity index (χ2v) is 5.38. The van der Waals surface area contributed by atoms with Crippen LogP contribution in [0.1, 0.15) is 16.5 Å². The summed E-state index contributed by atoms with van der Waals surface area (Å²) in [6.07, 6.45) is -4.14. The summed E-state index contributed by atoms with van der Waals surface area (Å²) in [6, 6.07) is 12.8. The summed E-state index contributed by atoms with van der Waals surface area (Å²) in [5, 5.41) is 0.296. The molecule has 0 saturated carbocycles. The van der Waals surface area contributed by atoms with Gasteiger partial charge in [0.05, 0.1) is 5.38 Å². The lowest BCUT2D eigenvalue weighted by atomic mass is 10.0. The first-order chi connectivity index (χ1) is 9.83. The first-order valence-electron chi connectivity index (χ1n) is 6.08. The molecule has 1 unspecified atom stereocenters. The van der Waals surface area contributed by atoms with E-state index in [0.717, 1.165) is 11.1 Å². The van der Waals surface area contributed by atoms with E-state index in [-0.39, 0.29) is 11.1 Å². The van der Waals surface area contributed by atoms with Crippen molar-refractivity contribution in [2.24, 2.45) is 0 Å². The number of benzene rings is 2. The number of hydrogen-bond acceptors (Lipinski definition) is 1. The fraction of sp³-hybridized carbons (Fsp3) is 0.200. The van der Waals surface area contributed by atoms with Crippen molar-refractivity contribution in [3.05, 3.63) is 64.7 Å². The van der Waals surface area contributed by atoms with E-state index in [1.165, 1.54) is 24.3 Å². The average molecular weight is 335 g/mol. The molecule has 6 heteroatoms. The Hall–Kier alpha value is -1.39. The number of hydrogen-bond donors (Lipinski definition) is 0. The SMILES string of the molecule is FC(F)(F)Oc1ccc(C(Cl)Cc2ccc(Cl)cc2)cc1. The van der Waals surface area contributed by atoms with E-state index in [4.69, 9.17) is 23.2 Å². The second-order valence-electron chi connectivity index (χ2n) is 4.41. The maximum absolute atomic E-state index is 12.1. The minimum Gasteiger partial charge on any atom is -0.406 e. The van der Waals surface area contributed by atoms with Crippen molar-refractivity contribution >= 4 is 23.2 Å². The summed E-state index contributed by atoms with van der Waals surface area (Å²) in [4.78, 5) is 0. The van der Waals surface area contributed by atoms with Crippen LogP contribution in [0.5, 0.6) is 5.75 Å². The van der Waals surface area contributed by atoms with Crippen LogP contribution in [-0.2, 0) is 6.42 Å². The lowest BCUT2D eigenvalue weighted by Crippen LogP contribution is -2.17. The molecule has 2 aromatic rings. The zero-order valence-corrected chi connectivity index (χ0v) is 12.2. The molecule has 2 rings (SSSR count). The molecule has 0 radical (unpaired) electrons. The van der Waals surface area contributed by atoms with Gasteiger partial charge in [0.2, 0.25) is 0 Å². The highest BCUT2D eigenvalue weighted by molar-refractivity contribution is 6.30. The Kier molecular flexibility index (Phi) is 5.01. The topological polar surface area (TPSA) is 9.23 Å². The molecule has 21 heavy (non-hydrogen) atoms. The van der Waals surface area contributed by atoms with Crippen molar-refractivity contribution in [2.45, 2.75) is 18.2 Å². The van der Waals surface area contributed by atoms with E-state index in [9.17, 15) is 13.2 Å². The Morgan fingerprint density at radius 3 is 2.05 bits per heavy atom. The molecule has 0 spiro atoms. The van der Waals surface area contributed by atoms with Gasteiger partial charge in [0.1, 0.15) is 5.75 Å². The van der Waals surface area contributed by atoms with E-state index in [2.05, 4.69) is 4.74 Å². The normalized spacial score (nSPS) is 13.0. The van der Waals surface area contributed by atoms with Gasteiger partial charge in [-0.15, -0.1) is 24.8 Å². The van der Waals surface area contributed by atoms with Gasteiger partial charge in [0.25, 0.3) is 0 Å². The summed E-state index contributed by atoms with van der Waals surface area (Å²) < 4.78 is 40.0. The zero-order valence-electron chi connectivity index (χ0n) is 10.7. The van der Waals surface area contributed by atoms with Crippen molar-refractivity contribution in [2.75, 3.05) is 0 Å². The largest absolute Gasteiger partial charge is 0.573 e. The van der Waals surface area contributed by atoms with E-state index >= 15 is 0 Å². The molecule has 0 amide bonds. The summed E-state index contributed by atoms with van der Waals surface area (Å²) in [6.45, 7) is 0. The highest BCUT2D eigenvalue weighted by Gasteiger charge is 2.31. The van der Waals surface area contributed by atoms with Crippen LogP contribution in [0.3, 0.4) is 0 Å². The molecule has 0 aliphatic rings. The summed E-state index contributed by atoms with van der Waals surface area (Å²) in [5.74, 6) is -0.262. The van der Waals surface area contributed by atoms with Crippen molar-refractivity contribution in [1.82, 2.24) is 0 Å². The third-order valence-corrected chi connectivity index (χ3v) is 3.46. The molecule has 112 valence electrons. The molecular formula is C15H11Cl2F3O. The Bertz CT molecular complexity index is 579. The minimum atomic E-state index is -4.69. The van der Waals surface area contributed by atoms with Crippen LogP contribution < -0.4 is 4.74 Å². The number of alkyl halides is 4. The molecule has 0 aromatic heterocycles. The molecule has 0 bridgehead atoms. The molecule has 0 fully saturated rings. The van der Waals surface area contributed by atoms with E-state index in [1.807, 2.05) is 12.1 Å². The molecule has 1 nitrogen and oxygen atoms in total. The first-order valence-corrected chi connectivity index (χ1v) is 6.89. The summed E-state index contributed by atoms with van der Waals surface area (Å²) in [5.41, 5.74) is 1.72. The van der Waals surface area contributed by atoms with E-state index in [0.29, 0.717) is 11.4 Å². The standard InChI is InChI=1S/C15H11Cl2F3O/c16-12-5-1-10(2-6-12)9-14(17)11-3-7-13(8-4-11)21-15(18,19)20/h1-8,14H,9H2. The lowest BCUT2D eigenvalue weighted by Gasteiger charge is -2.12. The van der Waals surface area contributed by atoms with Gasteiger partial charge in [-0.25, -0.2) is 0 Å². The van der Waals surface area contributed by atoms with Crippen LogP contribution in [0.15, 0.2) is 48.5 Å². The monoisotopic (exact) mass is 334 g/mol. The molecule has 0 N–H and O–H groups in total. The predicted molar refractivity (Wildman–Crippen MR) is 76.9 cm³/mol. The van der Waals surface area contributed by atoms with Crippen molar-refractivity contribution in [3.8, 4) is 5.75 Å². The first kappa shape index (κ1) is 16.0. The third-order valence-electron chi connectivity index (χ3n) is 2.80. The zero-order chi connectivity index (χ0) is 15.5. The van der Waals surface area contributed by atoms with Crippen molar-refractivity contribution in [3.63, 3.8) is 0 Å². The van der Waals surface area contributed by atoms with E-state index in [1.54, 1.807) is 12.1 Å². The lowest BCUT2D eigenvalue weighted by molar-refractivity contribution is -0.274. The van der Waals surface area contributed by atoms with Gasteiger partial charge in [-0.3, -0.25) is 0 Å². The quantitative estimate of drug-likeness (QED) is 0.646. The maximum atomic E-state index is 12.1. The molecule has 2 aromatic carbocycles. The fourth-order valence-corrected chi connectivity index (χ4v) is 2.27. The van der Waals surface area contributed by atoms with Gasteiger partial charge in [-0.2, -0.15) is 0 Å². The van der Waals surface area contributed by atoms with Gasteiger partial charge < -0.3 is 4.74 Å². The number of ether oxygens (including phenoxy) is 1. The Morgan fingerprint density at radius 2 is 1.52 bits per heavy atom. The predicted octanol–water partition coefficient (Wildman–Crippen LogP) is 5.76. The van der Waals surface area contributed by atoms with Gasteiger partial charge >= 0.3 is 6.36 Å². The molecule has 0 heterocycles. The van der Waals surface area contributed by atoms with Crippen molar-refractivity contribution < 1.29 is 17.9 Å². The van der Waals surface area contributed by atoms with Crippen LogP contribution in [0.4, 0.5) is 13.2 Å². The summed E-state index contributed by atoms with van der Waals surface area (Å²) >= 11 is 12.1. The van der Waals surface area contributed by atoms with Gasteiger partial charge in [-0.1, -0.05) is 35.9 Å². The third kappa shape index (κ3) is 5.14. The molecular weight excluding hydrogens is 324 g/mol. The van der Waals surface area contributed by atoms with E-state index < -0.39 is 6.36 Å². The highest BCUT2D eigenvalue weighted by Crippen LogP contribution is 2.29. The number of rotatable bonds is 4. The van der Waals surface area contributed by atoms with Gasteiger partial charge in [0.15, 0.2) is 0 Å². The molecule has 0 saturated heterocycles. The van der Waals surface area contributed by atoms with Crippen molar-refractivity contribution in [1.29, 1.82) is 0 Å². The molecule has 1 atom stereocenters. The highest BCUT2D eigenvalue weighted by atomic mass is 35.5. The summed E-state index contributed by atoms with van der Waals surface area (Å²) in [7, 11) is 0. The van der Waals surface area contributed by atoms with Crippen LogP contribution in [0, 0.1) is 0 Å². The number of halogens is 5. The van der Waals surface area contributed by atoms with Gasteiger partial charge in [0, 0.05) is 5.02 Å². The average Bonchev–Trinajstić information content (AvgIpc) is 2.40. The minimum absolute atomic E-state index is 0.262. The second kappa shape index (κ2) is 6.58. The smallest absolute Gasteiger partial charge is 0.406 e. The Labute approximate surface area is 130 Å². The Morgan fingerprint density at radius 1 is 0.952 bits per heavy atom. The maximum Gasteiger partial charge on any atom is 0.573 e. The molecule has 0 aliphatic heterocycles. The van der Waals surface area contributed by atoms with Gasteiger partial charge in [-0.05, 0) is 41.8 Å². The van der Waals surface area contributed by atoms with Crippen LogP contribution in [-0.4, -0.2) is 6.36 Å². The van der Waals surface area contributed by atoms with Crippen LogP contribution in [0.25, 0.3) is 0 Å². The van der Waals surface area contributed by atoms with Crippen LogP contribution in [0.2, 0.25) is 5.02 Å². The Balaban J connectivity index is 2.02. The molecule has 0 aliphatic carbocycles.